The van der Waals surface area contributed by atoms with E-state index in [1.54, 1.807) is 0 Å². The zero-order valence-corrected chi connectivity index (χ0v) is 12.8. The molecule has 1 aromatic carbocycles. The molecule has 3 nitrogen and oxygen atoms in total. The van der Waals surface area contributed by atoms with Crippen LogP contribution < -0.4 is 4.74 Å². The number of unbranched alkanes of at least 4 members (excludes halogenated alkanes) is 1. The van der Waals surface area contributed by atoms with Crippen molar-refractivity contribution in [3.8, 4) is 5.75 Å². The van der Waals surface area contributed by atoms with Crippen LogP contribution in [-0.2, 0) is 11.2 Å². The number of fused-ring (bicyclic) bond motifs is 2. The number of hydrogen-bond donors (Lipinski definition) is 0. The molecule has 0 N–H and O–H groups in total. The summed E-state index contributed by atoms with van der Waals surface area (Å²) in [5.41, 5.74) is 1.35. The van der Waals surface area contributed by atoms with Crippen LogP contribution in [0.5, 0.6) is 5.75 Å². The first kappa shape index (κ1) is 14.6. The largest absolute Gasteiger partial charge is 0.489 e. The van der Waals surface area contributed by atoms with E-state index in [0.29, 0.717) is 5.92 Å². The lowest BCUT2D eigenvalue weighted by Gasteiger charge is -2.34. The lowest BCUT2D eigenvalue weighted by Crippen LogP contribution is -2.47. The highest BCUT2D eigenvalue weighted by atomic mass is 16.5. The maximum absolute atomic E-state index is 11.0. The Morgan fingerprint density at radius 3 is 3.10 bits per heavy atom. The van der Waals surface area contributed by atoms with E-state index in [-0.39, 0.29) is 12.1 Å². The molecule has 1 radical (unpaired) electrons. The normalized spacial score (nSPS) is 31.1. The van der Waals surface area contributed by atoms with Crippen molar-refractivity contribution in [2.45, 2.75) is 51.2 Å². The molecule has 4 unspecified atom stereocenters. The smallest absolute Gasteiger partial charge is 0.217 e. The molecule has 2 fully saturated rings. The minimum atomic E-state index is 0.0146. The standard InChI is InChI=1S/C18H24NO2/c1-2-3-5-14-6-4-7-16(10-14)21-17-11-15-8-9-19(12-17)18(15)13-20/h4,6-7,10,15,17-18H,2-3,5,8-9,11-12H2,1H3. The van der Waals surface area contributed by atoms with Gasteiger partial charge in [-0.3, -0.25) is 9.69 Å². The molecule has 2 heterocycles. The number of piperidine rings is 1. The second-order valence-electron chi connectivity index (χ2n) is 6.33. The quantitative estimate of drug-likeness (QED) is 0.805. The average Bonchev–Trinajstić information content (AvgIpc) is 2.75. The molecular weight excluding hydrogens is 262 g/mol. The third-order valence-corrected chi connectivity index (χ3v) is 4.77. The first-order valence-electron chi connectivity index (χ1n) is 8.17. The van der Waals surface area contributed by atoms with Crippen LogP contribution in [0.4, 0.5) is 0 Å². The third-order valence-electron chi connectivity index (χ3n) is 4.77. The summed E-state index contributed by atoms with van der Waals surface area (Å²) in [6, 6.07) is 8.49. The number of hydrogen-bond acceptors (Lipinski definition) is 3. The van der Waals surface area contributed by atoms with E-state index in [2.05, 4.69) is 36.3 Å². The molecule has 0 saturated carbocycles. The number of nitrogens with zero attached hydrogens (tertiary/aromatic N) is 1. The number of rotatable bonds is 6. The fraction of sp³-hybridized carbons (Fsp3) is 0.611. The Labute approximate surface area is 127 Å². The highest BCUT2D eigenvalue weighted by Gasteiger charge is 2.42. The van der Waals surface area contributed by atoms with Crippen molar-refractivity contribution in [3.05, 3.63) is 29.8 Å². The summed E-state index contributed by atoms with van der Waals surface area (Å²) < 4.78 is 6.18. The molecule has 0 aliphatic carbocycles. The maximum Gasteiger partial charge on any atom is 0.217 e. The van der Waals surface area contributed by atoms with Crippen molar-refractivity contribution in [3.63, 3.8) is 0 Å². The first-order valence-corrected chi connectivity index (χ1v) is 8.17. The SMILES string of the molecule is CCCCc1cccc(OC2CC3CCN(C2)C3[C]=O)c1. The van der Waals surface area contributed by atoms with Crippen molar-refractivity contribution in [1.82, 2.24) is 4.90 Å². The molecule has 3 rings (SSSR count). The first-order chi connectivity index (χ1) is 10.3. The topological polar surface area (TPSA) is 29.5 Å². The van der Waals surface area contributed by atoms with Crippen LogP contribution in [0.2, 0.25) is 0 Å². The van der Waals surface area contributed by atoms with Gasteiger partial charge in [0, 0.05) is 6.54 Å². The van der Waals surface area contributed by atoms with Gasteiger partial charge in [0.05, 0.1) is 6.04 Å². The highest BCUT2D eigenvalue weighted by molar-refractivity contribution is 5.60. The summed E-state index contributed by atoms with van der Waals surface area (Å²) in [6.45, 7) is 4.09. The van der Waals surface area contributed by atoms with E-state index in [4.69, 9.17) is 4.74 Å². The van der Waals surface area contributed by atoms with E-state index in [9.17, 15) is 4.79 Å². The molecule has 0 amide bonds. The van der Waals surface area contributed by atoms with Crippen LogP contribution in [0, 0.1) is 5.92 Å². The summed E-state index contributed by atoms with van der Waals surface area (Å²) in [5, 5.41) is 0. The Morgan fingerprint density at radius 1 is 1.43 bits per heavy atom. The van der Waals surface area contributed by atoms with Gasteiger partial charge in [-0.25, -0.2) is 0 Å². The highest BCUT2D eigenvalue weighted by Crippen LogP contribution is 2.34. The molecule has 2 aliphatic heterocycles. The molecule has 0 spiro atoms. The van der Waals surface area contributed by atoms with Crippen LogP contribution >= 0.6 is 0 Å². The second kappa shape index (κ2) is 6.61. The summed E-state index contributed by atoms with van der Waals surface area (Å²) in [5.74, 6) is 1.41. The maximum atomic E-state index is 11.0. The van der Waals surface area contributed by atoms with Crippen molar-refractivity contribution in [2.24, 2.45) is 5.92 Å². The van der Waals surface area contributed by atoms with Gasteiger partial charge in [-0.15, -0.1) is 0 Å². The van der Waals surface area contributed by atoms with Crippen LogP contribution in [0.15, 0.2) is 24.3 Å². The predicted octanol–water partition coefficient (Wildman–Crippen LogP) is 2.98. The molecule has 1 aromatic rings. The Balaban J connectivity index is 1.61. The number of carbonyl (C=O) groups excluding carboxylic acids is 1. The summed E-state index contributed by atoms with van der Waals surface area (Å²) >= 11 is 0. The van der Waals surface area contributed by atoms with Crippen molar-refractivity contribution >= 4 is 6.29 Å². The monoisotopic (exact) mass is 286 g/mol. The molecule has 0 aromatic heterocycles. The molecular formula is C18H24NO2. The van der Waals surface area contributed by atoms with E-state index in [0.717, 1.165) is 38.1 Å². The predicted molar refractivity (Wildman–Crippen MR) is 83.2 cm³/mol. The zero-order valence-electron chi connectivity index (χ0n) is 12.8. The third kappa shape index (κ3) is 3.29. The van der Waals surface area contributed by atoms with E-state index in [1.807, 2.05) is 6.07 Å². The molecule has 3 heteroatoms. The lowest BCUT2D eigenvalue weighted by atomic mass is 9.91. The van der Waals surface area contributed by atoms with Gasteiger partial charge < -0.3 is 4.74 Å². The van der Waals surface area contributed by atoms with Gasteiger partial charge in [0.2, 0.25) is 6.29 Å². The molecule has 2 bridgehead atoms. The van der Waals surface area contributed by atoms with Gasteiger partial charge >= 0.3 is 0 Å². The summed E-state index contributed by atoms with van der Waals surface area (Å²) in [4.78, 5) is 13.3. The van der Waals surface area contributed by atoms with E-state index >= 15 is 0 Å². The van der Waals surface area contributed by atoms with Crippen LogP contribution in [0.3, 0.4) is 0 Å². The number of benzene rings is 1. The summed E-state index contributed by atoms with van der Waals surface area (Å²) in [7, 11) is 0. The Bertz CT molecular complexity index is 474. The second-order valence-corrected chi connectivity index (χ2v) is 6.33. The van der Waals surface area contributed by atoms with Gasteiger partial charge in [0.1, 0.15) is 11.9 Å². The Kier molecular flexibility index (Phi) is 4.59. The van der Waals surface area contributed by atoms with Crippen molar-refractivity contribution < 1.29 is 9.53 Å². The van der Waals surface area contributed by atoms with E-state index in [1.165, 1.54) is 18.4 Å². The molecule has 2 aliphatic rings. The van der Waals surface area contributed by atoms with Crippen LogP contribution in [0.25, 0.3) is 0 Å². The van der Waals surface area contributed by atoms with Crippen LogP contribution in [-0.4, -0.2) is 36.4 Å². The molecule has 2 saturated heterocycles. The van der Waals surface area contributed by atoms with Gasteiger partial charge in [0.25, 0.3) is 0 Å². The number of ether oxygens (including phenoxy) is 1. The summed E-state index contributed by atoms with van der Waals surface area (Å²) in [6.07, 6.45) is 8.06. The average molecular weight is 286 g/mol. The minimum absolute atomic E-state index is 0.0146. The number of aryl methyl sites for hydroxylation is 1. The van der Waals surface area contributed by atoms with Crippen molar-refractivity contribution in [1.29, 1.82) is 0 Å². The van der Waals surface area contributed by atoms with Crippen molar-refractivity contribution in [2.75, 3.05) is 13.1 Å². The van der Waals surface area contributed by atoms with Gasteiger partial charge in [-0.1, -0.05) is 25.5 Å². The fourth-order valence-corrected chi connectivity index (χ4v) is 3.66. The molecule has 21 heavy (non-hydrogen) atoms. The molecule has 4 atom stereocenters. The van der Waals surface area contributed by atoms with Gasteiger partial charge in [0.15, 0.2) is 0 Å². The van der Waals surface area contributed by atoms with E-state index < -0.39 is 0 Å². The van der Waals surface area contributed by atoms with Gasteiger partial charge in [-0.05, 0) is 55.8 Å². The molecule has 113 valence electrons. The lowest BCUT2D eigenvalue weighted by molar-refractivity contribution is 0.0802. The Hall–Kier alpha value is -1.35. The fourth-order valence-electron chi connectivity index (χ4n) is 3.66. The van der Waals surface area contributed by atoms with Gasteiger partial charge in [-0.2, -0.15) is 0 Å². The minimum Gasteiger partial charge on any atom is -0.489 e. The zero-order chi connectivity index (χ0) is 14.7. The Morgan fingerprint density at radius 2 is 2.33 bits per heavy atom. The van der Waals surface area contributed by atoms with Crippen LogP contribution in [0.1, 0.15) is 38.2 Å².